The molecule has 1 atom stereocenters. The molecule has 20 heavy (non-hydrogen) atoms. The highest BCUT2D eigenvalue weighted by Crippen LogP contribution is 2.39. The van der Waals surface area contributed by atoms with Crippen LogP contribution in [0.3, 0.4) is 0 Å². The number of aromatic nitrogens is 2. The molecule has 0 amide bonds. The Morgan fingerprint density at radius 2 is 2.40 bits per heavy atom. The maximum absolute atomic E-state index is 11.9. The predicted octanol–water partition coefficient (Wildman–Crippen LogP) is 3.45. The van der Waals surface area contributed by atoms with Crippen molar-refractivity contribution in [2.75, 3.05) is 6.61 Å². The largest absolute Gasteiger partial charge is 0.465 e. The number of fused-ring (bicyclic) bond motifs is 1. The molecular weight excluding hydrogens is 296 g/mol. The lowest BCUT2D eigenvalue weighted by atomic mass is 10.1. The number of rotatable bonds is 3. The van der Waals surface area contributed by atoms with Crippen LogP contribution in [0.1, 0.15) is 29.8 Å². The Kier molecular flexibility index (Phi) is 3.72. The molecule has 2 aromatic heterocycles. The van der Waals surface area contributed by atoms with Gasteiger partial charge in [-0.1, -0.05) is 11.6 Å². The van der Waals surface area contributed by atoms with E-state index in [1.54, 1.807) is 23.6 Å². The van der Waals surface area contributed by atoms with Gasteiger partial charge in [-0.25, -0.2) is 4.98 Å². The minimum atomic E-state index is -0.220. The van der Waals surface area contributed by atoms with Crippen molar-refractivity contribution < 1.29 is 9.53 Å². The van der Waals surface area contributed by atoms with Gasteiger partial charge in [0.15, 0.2) is 0 Å². The first-order valence-electron chi connectivity index (χ1n) is 6.47. The van der Waals surface area contributed by atoms with E-state index in [4.69, 9.17) is 16.3 Å². The molecule has 1 aliphatic carbocycles. The van der Waals surface area contributed by atoms with Gasteiger partial charge in [-0.05, 0) is 31.9 Å². The van der Waals surface area contributed by atoms with Crippen LogP contribution < -0.4 is 0 Å². The number of carbonyl (C=O) groups is 1. The molecule has 2 aromatic rings. The van der Waals surface area contributed by atoms with Gasteiger partial charge in [0.05, 0.1) is 23.0 Å². The van der Waals surface area contributed by atoms with Crippen LogP contribution in [-0.2, 0) is 16.0 Å². The van der Waals surface area contributed by atoms with Gasteiger partial charge in [-0.15, -0.1) is 11.3 Å². The normalized spacial score (nSPS) is 17.0. The number of pyridine rings is 1. The summed E-state index contributed by atoms with van der Waals surface area (Å²) in [4.78, 5) is 21.9. The van der Waals surface area contributed by atoms with Crippen LogP contribution in [0.5, 0.6) is 0 Å². The summed E-state index contributed by atoms with van der Waals surface area (Å²) in [6.07, 6.45) is 3.28. The second-order valence-electron chi connectivity index (χ2n) is 4.53. The van der Waals surface area contributed by atoms with Gasteiger partial charge in [0.1, 0.15) is 10.9 Å². The van der Waals surface area contributed by atoms with E-state index in [0.717, 1.165) is 34.1 Å². The summed E-state index contributed by atoms with van der Waals surface area (Å²) < 4.78 is 5.11. The Morgan fingerprint density at radius 1 is 1.55 bits per heavy atom. The second kappa shape index (κ2) is 5.50. The Balaban J connectivity index is 1.90. The van der Waals surface area contributed by atoms with Crippen molar-refractivity contribution >= 4 is 28.9 Å². The topological polar surface area (TPSA) is 52.1 Å². The Labute approximate surface area is 125 Å². The Bertz CT molecular complexity index is 639. The molecule has 0 fully saturated rings. The van der Waals surface area contributed by atoms with Crippen LogP contribution >= 0.6 is 22.9 Å². The molecule has 6 heteroatoms. The second-order valence-corrected chi connectivity index (χ2v) is 6.05. The number of carbonyl (C=O) groups excluding carboxylic acids is 1. The molecular formula is C14H13ClN2O2S. The smallest absolute Gasteiger partial charge is 0.315 e. The quantitative estimate of drug-likeness (QED) is 0.815. The van der Waals surface area contributed by atoms with Gasteiger partial charge < -0.3 is 4.74 Å². The van der Waals surface area contributed by atoms with Crippen molar-refractivity contribution in [3.8, 4) is 10.7 Å². The Hall–Kier alpha value is -1.46. The van der Waals surface area contributed by atoms with Crippen LogP contribution in [0.4, 0.5) is 0 Å². The average Bonchev–Trinajstić information content (AvgIpc) is 2.99. The van der Waals surface area contributed by atoms with E-state index in [1.165, 1.54) is 0 Å². The van der Waals surface area contributed by atoms with E-state index in [-0.39, 0.29) is 11.9 Å². The monoisotopic (exact) mass is 308 g/mol. The first-order valence-corrected chi connectivity index (χ1v) is 7.66. The van der Waals surface area contributed by atoms with E-state index in [1.807, 2.05) is 13.0 Å². The van der Waals surface area contributed by atoms with Crippen LogP contribution in [0.15, 0.2) is 18.3 Å². The number of hydrogen-bond donors (Lipinski definition) is 0. The molecule has 3 rings (SSSR count). The lowest BCUT2D eigenvalue weighted by Crippen LogP contribution is -2.14. The minimum absolute atomic E-state index is 0.174. The summed E-state index contributed by atoms with van der Waals surface area (Å²) >= 11 is 7.43. The van der Waals surface area contributed by atoms with E-state index < -0.39 is 0 Å². The van der Waals surface area contributed by atoms with Crippen molar-refractivity contribution in [2.24, 2.45) is 0 Å². The van der Waals surface area contributed by atoms with Crippen molar-refractivity contribution in [3.63, 3.8) is 0 Å². The number of ether oxygens (including phenoxy) is 1. The zero-order chi connectivity index (χ0) is 14.1. The zero-order valence-corrected chi connectivity index (χ0v) is 12.5. The highest BCUT2D eigenvalue weighted by Gasteiger charge is 2.33. The van der Waals surface area contributed by atoms with Crippen molar-refractivity contribution in [1.29, 1.82) is 0 Å². The number of thiazole rings is 1. The number of esters is 1. The van der Waals surface area contributed by atoms with Crippen molar-refractivity contribution in [1.82, 2.24) is 9.97 Å². The minimum Gasteiger partial charge on any atom is -0.465 e. The third kappa shape index (κ3) is 2.43. The zero-order valence-electron chi connectivity index (χ0n) is 10.9. The number of halogens is 1. The maximum Gasteiger partial charge on any atom is 0.315 e. The number of hydrogen-bond acceptors (Lipinski definition) is 5. The third-order valence-electron chi connectivity index (χ3n) is 3.24. The molecule has 1 aliphatic rings. The van der Waals surface area contributed by atoms with E-state index in [2.05, 4.69) is 9.97 Å². The summed E-state index contributed by atoms with van der Waals surface area (Å²) in [5.41, 5.74) is 1.65. The fraction of sp³-hybridized carbons (Fsp3) is 0.357. The van der Waals surface area contributed by atoms with Crippen LogP contribution in [0, 0.1) is 0 Å². The van der Waals surface area contributed by atoms with Gasteiger partial charge in [0.2, 0.25) is 0 Å². The van der Waals surface area contributed by atoms with E-state index in [0.29, 0.717) is 11.6 Å². The maximum atomic E-state index is 11.9. The Morgan fingerprint density at radius 3 is 3.10 bits per heavy atom. The SMILES string of the molecule is CCOC(=O)C1CCc2sc(-c3ccc(Cl)cn3)nc21. The molecule has 0 saturated carbocycles. The summed E-state index contributed by atoms with van der Waals surface area (Å²) in [6, 6.07) is 3.63. The number of nitrogens with zero attached hydrogens (tertiary/aromatic N) is 2. The molecule has 2 heterocycles. The predicted molar refractivity (Wildman–Crippen MR) is 78.1 cm³/mol. The average molecular weight is 309 g/mol. The standard InChI is InChI=1S/C14H13ClN2O2S/c1-2-19-14(18)9-4-6-11-12(9)17-13(20-11)10-5-3-8(15)7-16-10/h3,5,7,9H,2,4,6H2,1H3. The summed E-state index contributed by atoms with van der Waals surface area (Å²) in [6.45, 7) is 2.22. The van der Waals surface area contributed by atoms with Crippen molar-refractivity contribution in [2.45, 2.75) is 25.7 Å². The van der Waals surface area contributed by atoms with Gasteiger partial charge in [-0.3, -0.25) is 9.78 Å². The fourth-order valence-electron chi connectivity index (χ4n) is 2.31. The molecule has 104 valence electrons. The van der Waals surface area contributed by atoms with E-state index >= 15 is 0 Å². The van der Waals surface area contributed by atoms with Crippen LogP contribution in [-0.4, -0.2) is 22.5 Å². The van der Waals surface area contributed by atoms with E-state index in [9.17, 15) is 4.79 Å². The molecule has 1 unspecified atom stereocenters. The number of aryl methyl sites for hydroxylation is 1. The molecule has 0 spiro atoms. The molecule has 4 nitrogen and oxygen atoms in total. The molecule has 0 N–H and O–H groups in total. The summed E-state index contributed by atoms with van der Waals surface area (Å²) in [5.74, 6) is -0.394. The molecule has 0 aromatic carbocycles. The highest BCUT2D eigenvalue weighted by molar-refractivity contribution is 7.15. The van der Waals surface area contributed by atoms with Crippen LogP contribution in [0.25, 0.3) is 10.7 Å². The molecule has 0 saturated heterocycles. The fourth-order valence-corrected chi connectivity index (χ4v) is 3.54. The molecule has 0 radical (unpaired) electrons. The van der Waals surface area contributed by atoms with Crippen LogP contribution in [0.2, 0.25) is 5.02 Å². The van der Waals surface area contributed by atoms with Gasteiger partial charge in [-0.2, -0.15) is 0 Å². The van der Waals surface area contributed by atoms with Gasteiger partial charge in [0, 0.05) is 11.1 Å². The highest BCUT2D eigenvalue weighted by atomic mass is 35.5. The summed E-state index contributed by atoms with van der Waals surface area (Å²) in [7, 11) is 0. The molecule has 0 aliphatic heterocycles. The third-order valence-corrected chi connectivity index (χ3v) is 4.61. The van der Waals surface area contributed by atoms with Gasteiger partial charge >= 0.3 is 5.97 Å². The molecule has 0 bridgehead atoms. The lowest BCUT2D eigenvalue weighted by Gasteiger charge is -2.07. The first kappa shape index (κ1) is 13.5. The summed E-state index contributed by atoms with van der Waals surface area (Å²) in [5, 5.41) is 1.43. The van der Waals surface area contributed by atoms with Gasteiger partial charge in [0.25, 0.3) is 0 Å². The lowest BCUT2D eigenvalue weighted by molar-refractivity contribution is -0.145. The first-order chi connectivity index (χ1) is 9.69. The van der Waals surface area contributed by atoms with Crippen molar-refractivity contribution in [3.05, 3.63) is 33.9 Å².